The number of alkyl halides is 12. The smallest absolute Gasteiger partial charge is 0.320 e. The SMILES string of the molecule is O=C(Nc1cccc(C(=O)Nc2c(Br)cc(C(F)(C(F)(F)F)C(F)(F)C(F)(F)F)cc2C(F)(F)F)c1F)c1ccc(F)cc1. The summed E-state index contributed by atoms with van der Waals surface area (Å²) in [6.45, 7) is 0. The molecule has 3 aromatic carbocycles. The molecule has 0 heterocycles. The third-order valence-electron chi connectivity index (χ3n) is 5.81. The van der Waals surface area contributed by atoms with Gasteiger partial charge in [-0.3, -0.25) is 9.59 Å². The zero-order valence-corrected chi connectivity index (χ0v) is 22.3. The summed E-state index contributed by atoms with van der Waals surface area (Å²) in [5, 5.41) is 3.43. The molecular formula is C25H11BrF14N2O2. The second-order valence-electron chi connectivity index (χ2n) is 8.69. The van der Waals surface area contributed by atoms with Crippen LogP contribution >= 0.6 is 15.9 Å². The minimum atomic E-state index is -7.30. The van der Waals surface area contributed by atoms with Crippen molar-refractivity contribution < 1.29 is 71.1 Å². The van der Waals surface area contributed by atoms with E-state index in [1.165, 1.54) is 5.32 Å². The van der Waals surface area contributed by atoms with Crippen molar-refractivity contribution in [2.45, 2.75) is 30.1 Å². The van der Waals surface area contributed by atoms with Crippen molar-refractivity contribution in [1.82, 2.24) is 0 Å². The van der Waals surface area contributed by atoms with Gasteiger partial charge in [0.1, 0.15) is 5.82 Å². The number of benzene rings is 3. The number of rotatable bonds is 6. The van der Waals surface area contributed by atoms with Crippen molar-refractivity contribution in [1.29, 1.82) is 0 Å². The van der Waals surface area contributed by atoms with Crippen molar-refractivity contribution >= 4 is 39.1 Å². The second kappa shape index (κ2) is 11.6. The topological polar surface area (TPSA) is 58.2 Å². The quantitative estimate of drug-likeness (QED) is 0.250. The van der Waals surface area contributed by atoms with E-state index >= 15 is 4.39 Å². The summed E-state index contributed by atoms with van der Waals surface area (Å²) in [4.78, 5) is 25.0. The Morgan fingerprint density at radius 2 is 1.25 bits per heavy atom. The first-order chi connectivity index (χ1) is 19.9. The van der Waals surface area contributed by atoms with Gasteiger partial charge in [0.25, 0.3) is 11.8 Å². The number of hydrogen-bond donors (Lipinski definition) is 2. The van der Waals surface area contributed by atoms with Gasteiger partial charge in [0.2, 0.25) is 0 Å². The summed E-state index contributed by atoms with van der Waals surface area (Å²) in [5.41, 5.74) is -15.8. The van der Waals surface area contributed by atoms with Crippen molar-refractivity contribution in [2.24, 2.45) is 0 Å². The van der Waals surface area contributed by atoms with Gasteiger partial charge in [-0.15, -0.1) is 0 Å². The molecule has 2 amide bonds. The number of carbonyl (C=O) groups excluding carboxylic acids is 2. The Bertz CT molecular complexity index is 1580. The van der Waals surface area contributed by atoms with E-state index in [-0.39, 0.29) is 5.56 Å². The first-order valence-electron chi connectivity index (χ1n) is 11.2. The van der Waals surface area contributed by atoms with Crippen LogP contribution in [-0.2, 0) is 11.8 Å². The van der Waals surface area contributed by atoms with Gasteiger partial charge in [-0.25, -0.2) is 13.2 Å². The fraction of sp³-hybridized carbons (Fsp3) is 0.200. The Morgan fingerprint density at radius 3 is 1.75 bits per heavy atom. The van der Waals surface area contributed by atoms with E-state index in [1.54, 1.807) is 0 Å². The molecular weight excluding hydrogens is 706 g/mol. The van der Waals surface area contributed by atoms with Gasteiger partial charge in [-0.05, 0) is 64.5 Å². The lowest BCUT2D eigenvalue weighted by atomic mass is 9.86. The summed E-state index contributed by atoms with van der Waals surface area (Å²) < 4.78 is 189. The fourth-order valence-corrected chi connectivity index (χ4v) is 4.21. The van der Waals surface area contributed by atoms with Crippen LogP contribution in [0.2, 0.25) is 0 Å². The lowest BCUT2D eigenvalue weighted by Gasteiger charge is -2.36. The number of amides is 2. The van der Waals surface area contributed by atoms with Crippen LogP contribution in [0.25, 0.3) is 0 Å². The van der Waals surface area contributed by atoms with Crippen molar-refractivity contribution in [2.75, 3.05) is 10.6 Å². The molecule has 0 aliphatic heterocycles. The molecule has 0 saturated carbocycles. The number of halogens is 15. The third-order valence-corrected chi connectivity index (χ3v) is 6.43. The molecule has 44 heavy (non-hydrogen) atoms. The molecule has 3 aromatic rings. The van der Waals surface area contributed by atoms with E-state index in [2.05, 4.69) is 15.9 Å². The van der Waals surface area contributed by atoms with Crippen molar-refractivity contribution in [3.8, 4) is 0 Å². The Balaban J connectivity index is 2.09. The van der Waals surface area contributed by atoms with Crippen molar-refractivity contribution in [3.63, 3.8) is 0 Å². The molecule has 1 unspecified atom stereocenters. The van der Waals surface area contributed by atoms with Crippen LogP contribution in [0.4, 0.5) is 72.8 Å². The number of anilines is 2. The normalized spacial score (nSPS) is 14.2. The molecule has 0 bridgehead atoms. The lowest BCUT2D eigenvalue weighted by Crippen LogP contribution is -2.59. The van der Waals surface area contributed by atoms with Gasteiger partial charge in [0, 0.05) is 15.6 Å². The highest BCUT2D eigenvalue weighted by Gasteiger charge is 2.82. The largest absolute Gasteiger partial charge is 0.457 e. The number of nitrogens with one attached hydrogen (secondary N) is 2. The van der Waals surface area contributed by atoms with Gasteiger partial charge in [-0.2, -0.15) is 48.3 Å². The predicted molar refractivity (Wildman–Crippen MR) is 128 cm³/mol. The molecule has 1 atom stereocenters. The van der Waals surface area contributed by atoms with Crippen LogP contribution in [0.1, 0.15) is 31.8 Å². The average molecular weight is 717 g/mol. The van der Waals surface area contributed by atoms with E-state index in [1.807, 2.05) is 5.32 Å². The highest BCUT2D eigenvalue weighted by molar-refractivity contribution is 9.10. The molecule has 19 heteroatoms. The molecule has 0 radical (unpaired) electrons. The Kier molecular flexibility index (Phi) is 9.08. The molecule has 0 spiro atoms. The highest BCUT2D eigenvalue weighted by atomic mass is 79.9. The minimum absolute atomic E-state index is 0.196. The van der Waals surface area contributed by atoms with E-state index in [9.17, 15) is 66.7 Å². The van der Waals surface area contributed by atoms with Crippen LogP contribution in [0.5, 0.6) is 0 Å². The lowest BCUT2D eigenvalue weighted by molar-refractivity contribution is -0.389. The van der Waals surface area contributed by atoms with Crippen LogP contribution in [0.15, 0.2) is 59.1 Å². The summed E-state index contributed by atoms with van der Waals surface area (Å²) in [5.74, 6) is -12.4. The van der Waals surface area contributed by atoms with E-state index in [0.29, 0.717) is 6.07 Å². The average Bonchev–Trinajstić information content (AvgIpc) is 2.88. The number of hydrogen-bond acceptors (Lipinski definition) is 2. The molecule has 0 aliphatic carbocycles. The molecule has 3 rings (SSSR count). The first-order valence-corrected chi connectivity index (χ1v) is 12.0. The molecule has 0 fully saturated rings. The van der Waals surface area contributed by atoms with Crippen LogP contribution in [-0.4, -0.2) is 30.1 Å². The molecule has 0 aliphatic rings. The fourth-order valence-electron chi connectivity index (χ4n) is 3.65. The zero-order chi connectivity index (χ0) is 33.6. The van der Waals surface area contributed by atoms with Crippen LogP contribution < -0.4 is 10.6 Å². The molecule has 4 nitrogen and oxygen atoms in total. The highest BCUT2D eigenvalue weighted by Crippen LogP contribution is 2.59. The molecule has 0 aromatic heterocycles. The molecule has 0 saturated heterocycles. The second-order valence-corrected chi connectivity index (χ2v) is 9.54. The standard InChI is InChI=1S/C25H11BrF14N2O2/c26-15-9-11(21(29,24(35,36)37)23(33,34)25(38,39)40)8-14(22(30,31)32)18(15)42-20(44)13-2-1-3-16(17(13)28)41-19(43)10-4-6-12(27)7-5-10/h1-9H,(H,41,43)(H,42,44). The summed E-state index contributed by atoms with van der Waals surface area (Å²) in [6, 6.07) is 4.71. The van der Waals surface area contributed by atoms with Gasteiger partial charge in [0.05, 0.1) is 22.5 Å². The van der Waals surface area contributed by atoms with Crippen molar-refractivity contribution in [3.05, 3.63) is 93.0 Å². The summed E-state index contributed by atoms with van der Waals surface area (Å²) in [7, 11) is 0. The van der Waals surface area contributed by atoms with Gasteiger partial charge < -0.3 is 10.6 Å². The van der Waals surface area contributed by atoms with Gasteiger partial charge in [-0.1, -0.05) is 6.07 Å². The summed E-state index contributed by atoms with van der Waals surface area (Å²) in [6.07, 6.45) is -20.3. The predicted octanol–water partition coefficient (Wildman–Crippen LogP) is 9.18. The zero-order valence-electron chi connectivity index (χ0n) is 20.7. The van der Waals surface area contributed by atoms with Gasteiger partial charge >= 0.3 is 30.1 Å². The van der Waals surface area contributed by atoms with E-state index in [0.717, 1.165) is 36.4 Å². The maximum absolute atomic E-state index is 15.1. The monoisotopic (exact) mass is 716 g/mol. The Hall–Kier alpha value is -3.90. The summed E-state index contributed by atoms with van der Waals surface area (Å²) >= 11 is 2.21. The third kappa shape index (κ3) is 6.32. The van der Waals surface area contributed by atoms with Gasteiger partial charge in [0.15, 0.2) is 5.82 Å². The maximum atomic E-state index is 15.1. The number of carbonyl (C=O) groups is 2. The Morgan fingerprint density at radius 1 is 0.682 bits per heavy atom. The Labute approximate surface area is 244 Å². The van der Waals surface area contributed by atoms with E-state index < -0.39 is 98.2 Å². The van der Waals surface area contributed by atoms with Crippen LogP contribution in [0, 0.1) is 11.6 Å². The van der Waals surface area contributed by atoms with Crippen LogP contribution in [0.3, 0.4) is 0 Å². The molecule has 2 N–H and O–H groups in total. The minimum Gasteiger partial charge on any atom is -0.320 e. The van der Waals surface area contributed by atoms with E-state index in [4.69, 9.17) is 0 Å². The maximum Gasteiger partial charge on any atom is 0.457 e. The first kappa shape index (κ1) is 34.6. The molecule has 238 valence electrons.